The van der Waals surface area contributed by atoms with E-state index >= 15 is 0 Å². The molecule has 0 bridgehead atoms. The monoisotopic (exact) mass is 143 g/mol. The number of hydrogen-bond donors (Lipinski definition) is 1. The van der Waals surface area contributed by atoms with Gasteiger partial charge in [0.15, 0.2) is 0 Å². The molecule has 0 aliphatic carbocycles. The van der Waals surface area contributed by atoms with Crippen molar-refractivity contribution < 1.29 is 9.94 Å². The highest BCUT2D eigenvalue weighted by Crippen LogP contribution is 2.05. The Kier molecular flexibility index (Phi) is 2.86. The molecule has 0 aromatic heterocycles. The maximum Gasteiger partial charge on any atom is 0.0958 e. The fraction of sp³-hybridized carbons (Fsp3) is 0.714. The second-order valence-corrected chi connectivity index (χ2v) is 2.41. The Bertz CT molecular complexity index is 116. The fourth-order valence-electron chi connectivity index (χ4n) is 0.923. The molecule has 1 saturated heterocycles. The SMILES string of the molecule is C=CCCN1C[C@@H](O)CO1. The predicted molar refractivity (Wildman–Crippen MR) is 38.3 cm³/mol. The number of aliphatic hydroxyl groups excluding tert-OH is 1. The summed E-state index contributed by atoms with van der Waals surface area (Å²) < 4.78 is 0. The summed E-state index contributed by atoms with van der Waals surface area (Å²) in [5.74, 6) is 0. The molecule has 0 spiro atoms. The molecule has 0 radical (unpaired) electrons. The van der Waals surface area contributed by atoms with Crippen LogP contribution in [0.15, 0.2) is 12.7 Å². The molecule has 58 valence electrons. The van der Waals surface area contributed by atoms with Crippen LogP contribution >= 0.6 is 0 Å². The van der Waals surface area contributed by atoms with E-state index in [1.165, 1.54) is 0 Å². The minimum atomic E-state index is -0.301. The third-order valence-electron chi connectivity index (χ3n) is 1.45. The summed E-state index contributed by atoms with van der Waals surface area (Å²) in [5, 5.41) is 10.8. The van der Waals surface area contributed by atoms with Gasteiger partial charge in [0.1, 0.15) is 0 Å². The summed E-state index contributed by atoms with van der Waals surface area (Å²) in [6.07, 6.45) is 2.45. The van der Waals surface area contributed by atoms with Gasteiger partial charge in [0.05, 0.1) is 19.3 Å². The molecule has 0 amide bonds. The molecule has 1 atom stereocenters. The highest BCUT2D eigenvalue weighted by Gasteiger charge is 2.19. The minimum Gasteiger partial charge on any atom is -0.389 e. The van der Waals surface area contributed by atoms with Crippen LogP contribution in [0.5, 0.6) is 0 Å². The van der Waals surface area contributed by atoms with Crippen LogP contribution in [0.1, 0.15) is 6.42 Å². The average Bonchev–Trinajstić information content (AvgIpc) is 2.31. The molecule has 0 unspecified atom stereocenters. The first-order valence-electron chi connectivity index (χ1n) is 3.49. The fourth-order valence-corrected chi connectivity index (χ4v) is 0.923. The molecule has 1 rings (SSSR count). The van der Waals surface area contributed by atoms with Crippen molar-refractivity contribution in [1.29, 1.82) is 0 Å². The zero-order valence-electron chi connectivity index (χ0n) is 5.99. The van der Waals surface area contributed by atoms with Gasteiger partial charge in [-0.15, -0.1) is 6.58 Å². The lowest BCUT2D eigenvalue weighted by atomic mass is 10.4. The van der Waals surface area contributed by atoms with E-state index in [2.05, 4.69) is 6.58 Å². The topological polar surface area (TPSA) is 32.7 Å². The standard InChI is InChI=1S/C7H13NO2/c1-2-3-4-8-5-7(9)6-10-8/h2,7,9H,1,3-6H2/t7-/m1/s1. The van der Waals surface area contributed by atoms with Crippen LogP contribution in [-0.2, 0) is 4.84 Å². The van der Waals surface area contributed by atoms with E-state index in [-0.39, 0.29) is 6.10 Å². The smallest absolute Gasteiger partial charge is 0.0958 e. The largest absolute Gasteiger partial charge is 0.389 e. The van der Waals surface area contributed by atoms with E-state index in [1.54, 1.807) is 5.06 Å². The molecule has 0 saturated carbocycles. The van der Waals surface area contributed by atoms with Crippen molar-refractivity contribution in [1.82, 2.24) is 5.06 Å². The molecule has 1 heterocycles. The minimum absolute atomic E-state index is 0.301. The van der Waals surface area contributed by atoms with Gasteiger partial charge in [0.25, 0.3) is 0 Å². The molecule has 1 aliphatic rings. The van der Waals surface area contributed by atoms with Crippen molar-refractivity contribution in [3.8, 4) is 0 Å². The third kappa shape index (κ3) is 2.10. The quantitative estimate of drug-likeness (QED) is 0.572. The Labute approximate surface area is 60.9 Å². The zero-order chi connectivity index (χ0) is 7.40. The summed E-state index contributed by atoms with van der Waals surface area (Å²) >= 11 is 0. The summed E-state index contributed by atoms with van der Waals surface area (Å²) in [6.45, 7) is 5.50. The van der Waals surface area contributed by atoms with Crippen LogP contribution in [0.3, 0.4) is 0 Å². The molecular formula is C7H13NO2. The van der Waals surface area contributed by atoms with E-state index in [9.17, 15) is 0 Å². The average molecular weight is 143 g/mol. The highest BCUT2D eigenvalue weighted by atomic mass is 16.7. The van der Waals surface area contributed by atoms with Gasteiger partial charge in [-0.2, -0.15) is 5.06 Å². The van der Waals surface area contributed by atoms with Gasteiger partial charge >= 0.3 is 0 Å². The molecular weight excluding hydrogens is 130 g/mol. The lowest BCUT2D eigenvalue weighted by Gasteiger charge is -2.10. The Hall–Kier alpha value is -0.380. The highest BCUT2D eigenvalue weighted by molar-refractivity contribution is 4.70. The summed E-state index contributed by atoms with van der Waals surface area (Å²) in [6, 6.07) is 0. The third-order valence-corrected chi connectivity index (χ3v) is 1.45. The maximum atomic E-state index is 9.01. The van der Waals surface area contributed by atoms with Gasteiger partial charge in [-0.3, -0.25) is 4.84 Å². The lowest BCUT2D eigenvalue weighted by molar-refractivity contribution is -0.109. The van der Waals surface area contributed by atoms with Gasteiger partial charge in [-0.1, -0.05) is 6.08 Å². The lowest BCUT2D eigenvalue weighted by Crippen LogP contribution is -2.21. The Morgan fingerprint density at radius 1 is 1.80 bits per heavy atom. The van der Waals surface area contributed by atoms with Crippen molar-refractivity contribution >= 4 is 0 Å². The van der Waals surface area contributed by atoms with Crippen LogP contribution in [0.4, 0.5) is 0 Å². The first kappa shape index (κ1) is 7.72. The molecule has 0 aromatic carbocycles. The number of aliphatic hydroxyl groups is 1. The van der Waals surface area contributed by atoms with E-state index in [4.69, 9.17) is 9.94 Å². The molecule has 1 fully saturated rings. The van der Waals surface area contributed by atoms with Crippen LogP contribution < -0.4 is 0 Å². The van der Waals surface area contributed by atoms with E-state index in [0.717, 1.165) is 13.0 Å². The van der Waals surface area contributed by atoms with Crippen molar-refractivity contribution in [3.63, 3.8) is 0 Å². The molecule has 10 heavy (non-hydrogen) atoms. The molecule has 3 heteroatoms. The second-order valence-electron chi connectivity index (χ2n) is 2.41. The molecule has 0 aromatic rings. The normalized spacial score (nSPS) is 27.1. The van der Waals surface area contributed by atoms with Crippen LogP contribution in [-0.4, -0.2) is 36.0 Å². The number of rotatable bonds is 3. The van der Waals surface area contributed by atoms with E-state index in [1.807, 2.05) is 6.08 Å². The number of nitrogens with zero attached hydrogens (tertiary/aromatic N) is 1. The number of β-amino-alcohol motifs (C(OH)–C–C–N with tert-alkyl or cyclic N) is 1. The van der Waals surface area contributed by atoms with E-state index < -0.39 is 0 Å². The Balaban J connectivity index is 2.12. The van der Waals surface area contributed by atoms with Crippen molar-refractivity contribution in [2.24, 2.45) is 0 Å². The van der Waals surface area contributed by atoms with E-state index in [0.29, 0.717) is 13.2 Å². The molecule has 1 aliphatic heterocycles. The van der Waals surface area contributed by atoms with Gasteiger partial charge < -0.3 is 5.11 Å². The first-order chi connectivity index (χ1) is 4.83. The van der Waals surface area contributed by atoms with Crippen LogP contribution in [0.25, 0.3) is 0 Å². The number of hydroxylamine groups is 2. The predicted octanol–water partition coefficient (Wildman–Crippen LogP) is 0.171. The summed E-state index contributed by atoms with van der Waals surface area (Å²) in [7, 11) is 0. The Morgan fingerprint density at radius 2 is 2.60 bits per heavy atom. The second kappa shape index (κ2) is 3.71. The van der Waals surface area contributed by atoms with Gasteiger partial charge in [0, 0.05) is 6.54 Å². The first-order valence-corrected chi connectivity index (χ1v) is 3.49. The maximum absolute atomic E-state index is 9.01. The van der Waals surface area contributed by atoms with Gasteiger partial charge in [0.2, 0.25) is 0 Å². The van der Waals surface area contributed by atoms with Gasteiger partial charge in [-0.05, 0) is 6.42 Å². The molecule has 3 nitrogen and oxygen atoms in total. The van der Waals surface area contributed by atoms with Crippen molar-refractivity contribution in [3.05, 3.63) is 12.7 Å². The molecule has 1 N–H and O–H groups in total. The van der Waals surface area contributed by atoms with Crippen LogP contribution in [0.2, 0.25) is 0 Å². The van der Waals surface area contributed by atoms with Crippen molar-refractivity contribution in [2.75, 3.05) is 19.7 Å². The van der Waals surface area contributed by atoms with Crippen LogP contribution in [0, 0.1) is 0 Å². The summed E-state index contributed by atoms with van der Waals surface area (Å²) in [5.41, 5.74) is 0. The zero-order valence-corrected chi connectivity index (χ0v) is 5.99. The summed E-state index contributed by atoms with van der Waals surface area (Å²) in [4.78, 5) is 5.10. The Morgan fingerprint density at radius 3 is 3.10 bits per heavy atom. The van der Waals surface area contributed by atoms with Crippen molar-refractivity contribution in [2.45, 2.75) is 12.5 Å². The number of hydrogen-bond acceptors (Lipinski definition) is 3. The van der Waals surface area contributed by atoms with Gasteiger partial charge in [-0.25, -0.2) is 0 Å².